The maximum Gasteiger partial charge on any atom is 0.436 e. The minimum absolute atomic E-state index is 0.354. The zero-order valence-corrected chi connectivity index (χ0v) is 12.9. The Morgan fingerprint density at radius 2 is 1.85 bits per heavy atom. The van der Waals surface area contributed by atoms with Crippen molar-refractivity contribution in [1.29, 1.82) is 0 Å². The van der Waals surface area contributed by atoms with Crippen LogP contribution in [0, 0.1) is 0 Å². The SMILES string of the molecule is CCOP(=O)(OCC)N1CCCC1=Nc1ccccc1. The lowest BCUT2D eigenvalue weighted by Gasteiger charge is -2.27. The van der Waals surface area contributed by atoms with Crippen molar-refractivity contribution in [3.05, 3.63) is 30.3 Å². The van der Waals surface area contributed by atoms with Gasteiger partial charge in [-0.2, -0.15) is 0 Å². The van der Waals surface area contributed by atoms with Crippen molar-refractivity contribution in [2.45, 2.75) is 26.7 Å². The average Bonchev–Trinajstić information content (AvgIpc) is 2.89. The van der Waals surface area contributed by atoms with Gasteiger partial charge in [0, 0.05) is 13.0 Å². The van der Waals surface area contributed by atoms with Crippen molar-refractivity contribution < 1.29 is 13.6 Å². The Labute approximate surface area is 120 Å². The van der Waals surface area contributed by atoms with Gasteiger partial charge < -0.3 is 0 Å². The Morgan fingerprint density at radius 1 is 1.20 bits per heavy atom. The zero-order valence-electron chi connectivity index (χ0n) is 12.0. The first-order valence-corrected chi connectivity index (χ1v) is 8.49. The monoisotopic (exact) mass is 296 g/mol. The zero-order chi connectivity index (χ0) is 14.4. The van der Waals surface area contributed by atoms with Crippen molar-refractivity contribution in [3.63, 3.8) is 0 Å². The van der Waals surface area contributed by atoms with Crippen LogP contribution in [0.3, 0.4) is 0 Å². The molecule has 0 N–H and O–H groups in total. The van der Waals surface area contributed by atoms with Crippen molar-refractivity contribution in [2.75, 3.05) is 19.8 Å². The number of benzene rings is 1. The molecule has 1 aromatic carbocycles. The molecular formula is C14H21N2O3P. The second-order valence-electron chi connectivity index (χ2n) is 4.39. The molecule has 0 aliphatic carbocycles. The van der Waals surface area contributed by atoms with Gasteiger partial charge >= 0.3 is 7.75 Å². The average molecular weight is 296 g/mol. The van der Waals surface area contributed by atoms with Gasteiger partial charge in [-0.3, -0.25) is 13.7 Å². The Morgan fingerprint density at radius 3 is 2.45 bits per heavy atom. The molecule has 2 rings (SSSR count). The van der Waals surface area contributed by atoms with Gasteiger partial charge in [0.1, 0.15) is 5.84 Å². The molecule has 1 saturated heterocycles. The summed E-state index contributed by atoms with van der Waals surface area (Å²) in [5.41, 5.74) is 0.856. The van der Waals surface area contributed by atoms with E-state index in [1.807, 2.05) is 44.2 Å². The molecule has 1 aliphatic heterocycles. The lowest BCUT2D eigenvalue weighted by atomic mass is 10.3. The third-order valence-corrected chi connectivity index (χ3v) is 5.15. The van der Waals surface area contributed by atoms with E-state index in [2.05, 4.69) is 4.99 Å². The molecular weight excluding hydrogens is 275 g/mol. The quantitative estimate of drug-likeness (QED) is 0.745. The molecule has 0 bridgehead atoms. The van der Waals surface area contributed by atoms with Crippen LogP contribution in [0.2, 0.25) is 0 Å². The van der Waals surface area contributed by atoms with Crippen LogP contribution in [0.5, 0.6) is 0 Å². The van der Waals surface area contributed by atoms with Crippen LogP contribution < -0.4 is 0 Å². The van der Waals surface area contributed by atoms with Crippen LogP contribution in [0.1, 0.15) is 26.7 Å². The smallest absolute Gasteiger partial charge is 0.292 e. The molecule has 0 radical (unpaired) electrons. The van der Waals surface area contributed by atoms with E-state index in [-0.39, 0.29) is 0 Å². The third-order valence-electron chi connectivity index (χ3n) is 2.96. The molecule has 0 aromatic heterocycles. The molecule has 20 heavy (non-hydrogen) atoms. The first-order valence-electron chi connectivity index (χ1n) is 6.99. The normalized spacial score (nSPS) is 17.9. The lowest BCUT2D eigenvalue weighted by Crippen LogP contribution is -2.24. The molecule has 6 heteroatoms. The second-order valence-corrected chi connectivity index (χ2v) is 6.33. The van der Waals surface area contributed by atoms with Gasteiger partial charge in [-0.25, -0.2) is 9.56 Å². The fourth-order valence-electron chi connectivity index (χ4n) is 2.18. The van der Waals surface area contributed by atoms with E-state index in [9.17, 15) is 4.57 Å². The Balaban J connectivity index is 2.26. The second kappa shape index (κ2) is 7.02. The summed E-state index contributed by atoms with van der Waals surface area (Å²) in [6, 6.07) is 9.67. The van der Waals surface area contributed by atoms with Gasteiger partial charge in [-0.15, -0.1) is 0 Å². The molecule has 110 valence electrons. The summed E-state index contributed by atoms with van der Waals surface area (Å²) in [4.78, 5) is 4.58. The maximum absolute atomic E-state index is 12.8. The number of hydrogen-bond donors (Lipinski definition) is 0. The number of hydrogen-bond acceptors (Lipinski definition) is 4. The third kappa shape index (κ3) is 3.48. The van der Waals surface area contributed by atoms with Crippen LogP contribution in [-0.2, 0) is 13.6 Å². The fraction of sp³-hybridized carbons (Fsp3) is 0.500. The van der Waals surface area contributed by atoms with Gasteiger partial charge in [0.2, 0.25) is 0 Å². The predicted octanol–water partition coefficient (Wildman–Crippen LogP) is 3.99. The summed E-state index contributed by atoms with van der Waals surface area (Å²) in [6.45, 7) is 4.99. The highest BCUT2D eigenvalue weighted by atomic mass is 31.2. The lowest BCUT2D eigenvalue weighted by molar-refractivity contribution is 0.191. The van der Waals surface area contributed by atoms with Crippen molar-refractivity contribution in [1.82, 2.24) is 4.67 Å². The number of amidine groups is 1. The molecule has 5 nitrogen and oxygen atoms in total. The summed E-state index contributed by atoms with van der Waals surface area (Å²) in [6.07, 6.45) is 1.70. The van der Waals surface area contributed by atoms with Crippen LogP contribution >= 0.6 is 7.75 Å². The summed E-state index contributed by atoms with van der Waals surface area (Å²) in [5.74, 6) is 0.779. The van der Waals surface area contributed by atoms with Gasteiger partial charge in [-0.05, 0) is 32.4 Å². The summed E-state index contributed by atoms with van der Waals surface area (Å²) in [7, 11) is -3.26. The first-order chi connectivity index (χ1) is 9.69. The van der Waals surface area contributed by atoms with Crippen LogP contribution in [0.4, 0.5) is 5.69 Å². The topological polar surface area (TPSA) is 51.1 Å². The van der Waals surface area contributed by atoms with E-state index in [4.69, 9.17) is 9.05 Å². The molecule has 1 aliphatic rings. The molecule has 1 aromatic rings. The number of para-hydroxylation sites is 1. The first kappa shape index (κ1) is 15.2. The van der Waals surface area contributed by atoms with Crippen LogP contribution in [-0.4, -0.2) is 30.3 Å². The minimum Gasteiger partial charge on any atom is -0.292 e. The van der Waals surface area contributed by atoms with E-state index >= 15 is 0 Å². The van der Waals surface area contributed by atoms with E-state index in [0.717, 1.165) is 24.4 Å². The summed E-state index contributed by atoms with van der Waals surface area (Å²) >= 11 is 0. The number of rotatable bonds is 6. The summed E-state index contributed by atoms with van der Waals surface area (Å²) < 4.78 is 25.3. The highest BCUT2D eigenvalue weighted by Crippen LogP contribution is 2.54. The van der Waals surface area contributed by atoms with E-state index in [1.165, 1.54) is 0 Å². The van der Waals surface area contributed by atoms with Crippen molar-refractivity contribution >= 4 is 19.3 Å². The van der Waals surface area contributed by atoms with E-state index in [0.29, 0.717) is 19.8 Å². The molecule has 1 heterocycles. The molecule has 0 saturated carbocycles. The molecule has 1 fully saturated rings. The van der Waals surface area contributed by atoms with Crippen molar-refractivity contribution in [2.24, 2.45) is 4.99 Å². The minimum atomic E-state index is -3.26. The molecule has 0 atom stereocenters. The highest BCUT2D eigenvalue weighted by molar-refractivity contribution is 7.52. The van der Waals surface area contributed by atoms with E-state index < -0.39 is 7.75 Å². The molecule has 0 unspecified atom stereocenters. The standard InChI is InChI=1S/C14H21N2O3P/c1-3-18-20(17,19-4-2)16-12-8-11-14(16)15-13-9-6-5-7-10-13/h5-7,9-10H,3-4,8,11-12H2,1-2H3. The highest BCUT2D eigenvalue weighted by Gasteiger charge is 2.38. The van der Waals surface area contributed by atoms with Gasteiger partial charge in [-0.1, -0.05) is 18.2 Å². The Hall–Kier alpha value is -1.16. The van der Waals surface area contributed by atoms with Crippen LogP contribution in [0.15, 0.2) is 35.3 Å². The fourth-order valence-corrected chi connectivity index (χ4v) is 4.00. The molecule has 0 spiro atoms. The van der Waals surface area contributed by atoms with Gasteiger partial charge in [0.15, 0.2) is 0 Å². The number of aliphatic imine (C=N–C) groups is 1. The van der Waals surface area contributed by atoms with Crippen LogP contribution in [0.25, 0.3) is 0 Å². The largest absolute Gasteiger partial charge is 0.436 e. The van der Waals surface area contributed by atoms with Gasteiger partial charge in [0.05, 0.1) is 18.9 Å². The van der Waals surface area contributed by atoms with E-state index in [1.54, 1.807) is 4.67 Å². The molecule has 0 amide bonds. The maximum atomic E-state index is 12.8. The predicted molar refractivity (Wildman–Crippen MR) is 80.3 cm³/mol. The Kier molecular flexibility index (Phi) is 5.35. The summed E-state index contributed by atoms with van der Waals surface area (Å²) in [5, 5.41) is 0. The number of nitrogens with zero attached hydrogens (tertiary/aromatic N) is 2. The van der Waals surface area contributed by atoms with Crippen molar-refractivity contribution in [3.8, 4) is 0 Å². The van der Waals surface area contributed by atoms with Gasteiger partial charge in [0.25, 0.3) is 0 Å². The Bertz CT molecular complexity index is 494.